The summed E-state index contributed by atoms with van der Waals surface area (Å²) in [5, 5.41) is 16.9. The zero-order valence-corrected chi connectivity index (χ0v) is 5.03. The molecule has 1 rings (SSSR count). The molecule has 50 valence electrons. The second kappa shape index (κ2) is 2.36. The topological polar surface area (TPSA) is 50.8 Å². The van der Waals surface area contributed by atoms with E-state index in [9.17, 15) is 4.48 Å². The van der Waals surface area contributed by atoms with Gasteiger partial charge in [0.15, 0.2) is 6.04 Å². The maximum absolute atomic E-state index is 12.4. The van der Waals surface area contributed by atoms with Crippen molar-refractivity contribution in [1.82, 2.24) is 5.12 Å². The average molecular weight is 137 g/mol. The third kappa shape index (κ3) is 0.803. The van der Waals surface area contributed by atoms with E-state index in [1.165, 1.54) is 6.08 Å². The minimum atomic E-state index is -0.954. The van der Waals surface area contributed by atoms with Crippen molar-refractivity contribution in [3.05, 3.63) is 12.3 Å². The van der Waals surface area contributed by atoms with Crippen molar-refractivity contribution in [2.45, 2.75) is 6.04 Å². The molecule has 0 aromatic heterocycles. The molecule has 1 aliphatic rings. The number of hydrogen-bond donors (Lipinski definition) is 0. The summed E-state index contributed by atoms with van der Waals surface area (Å²) in [6, 6.07) is 2.53. The molecule has 1 heterocycles. The first-order valence-corrected chi connectivity index (χ1v) is 2.71. The zero-order valence-electron chi connectivity index (χ0n) is 5.03. The van der Waals surface area contributed by atoms with Crippen LogP contribution in [0.4, 0.5) is 4.48 Å². The van der Waals surface area contributed by atoms with Gasteiger partial charge in [-0.3, -0.25) is 0 Å². The number of nitrogens with zero attached hydrogens (tertiary/aromatic N) is 3. The fraction of sp³-hybridized carbons (Fsp3) is 0.333. The monoisotopic (exact) mass is 137 g/mol. The third-order valence-corrected chi connectivity index (χ3v) is 1.32. The Labute approximate surface area is 57.5 Å². The molecule has 1 aliphatic heterocycles. The molecule has 0 saturated heterocycles. The molecule has 0 fully saturated rings. The van der Waals surface area contributed by atoms with Gasteiger partial charge in [-0.15, -0.1) is 0 Å². The quantitative estimate of drug-likeness (QED) is 0.462. The van der Waals surface area contributed by atoms with Gasteiger partial charge in [-0.25, -0.2) is 5.12 Å². The molecule has 0 N–H and O–H groups in total. The SMILES string of the molecule is N#CC1C=CN(F)C1C#N. The second-order valence-electron chi connectivity index (χ2n) is 1.91. The summed E-state index contributed by atoms with van der Waals surface area (Å²) in [5.74, 6) is -0.630. The van der Waals surface area contributed by atoms with Crippen LogP contribution in [0.3, 0.4) is 0 Å². The normalized spacial score (nSPS) is 29.7. The fourth-order valence-corrected chi connectivity index (χ4v) is 0.775. The van der Waals surface area contributed by atoms with Gasteiger partial charge in [0.25, 0.3) is 0 Å². The highest BCUT2D eigenvalue weighted by Crippen LogP contribution is 2.19. The summed E-state index contributed by atoms with van der Waals surface area (Å²) >= 11 is 0. The van der Waals surface area contributed by atoms with Gasteiger partial charge in [0.05, 0.1) is 12.1 Å². The molecule has 2 unspecified atom stereocenters. The van der Waals surface area contributed by atoms with Crippen LogP contribution in [0.5, 0.6) is 0 Å². The lowest BCUT2D eigenvalue weighted by Gasteiger charge is -2.08. The van der Waals surface area contributed by atoms with Gasteiger partial charge < -0.3 is 0 Å². The average Bonchev–Trinajstić information content (AvgIpc) is 2.30. The largest absolute Gasteiger partial charge is 0.200 e. The Balaban J connectivity index is 2.76. The van der Waals surface area contributed by atoms with Crippen molar-refractivity contribution in [2.24, 2.45) is 5.92 Å². The Morgan fingerprint density at radius 2 is 2.10 bits per heavy atom. The molecule has 2 atom stereocenters. The molecule has 0 aromatic carbocycles. The van der Waals surface area contributed by atoms with E-state index < -0.39 is 12.0 Å². The molecule has 0 saturated carbocycles. The van der Waals surface area contributed by atoms with Crippen LogP contribution in [-0.2, 0) is 0 Å². The number of rotatable bonds is 0. The van der Waals surface area contributed by atoms with Crippen LogP contribution in [0.1, 0.15) is 0 Å². The molecule has 0 amide bonds. The van der Waals surface area contributed by atoms with Crippen molar-refractivity contribution < 1.29 is 4.48 Å². The molecule has 0 aliphatic carbocycles. The minimum absolute atomic E-state index is 0.244. The van der Waals surface area contributed by atoms with E-state index in [1.807, 2.05) is 0 Å². The van der Waals surface area contributed by atoms with Gasteiger partial charge in [-0.1, -0.05) is 4.48 Å². The summed E-state index contributed by atoms with van der Waals surface area (Å²) in [6.45, 7) is 0. The Kier molecular flexibility index (Phi) is 1.55. The van der Waals surface area contributed by atoms with Crippen LogP contribution in [0.2, 0.25) is 0 Å². The maximum Gasteiger partial charge on any atom is 0.166 e. The van der Waals surface area contributed by atoms with Gasteiger partial charge in [-0.2, -0.15) is 10.5 Å². The van der Waals surface area contributed by atoms with E-state index in [1.54, 1.807) is 12.1 Å². The molecule has 4 heteroatoms. The van der Waals surface area contributed by atoms with E-state index in [0.717, 1.165) is 6.20 Å². The highest BCUT2D eigenvalue weighted by atomic mass is 19.2. The van der Waals surface area contributed by atoms with Crippen molar-refractivity contribution in [2.75, 3.05) is 0 Å². The van der Waals surface area contributed by atoms with Crippen molar-refractivity contribution in [3.8, 4) is 12.1 Å². The van der Waals surface area contributed by atoms with Crippen LogP contribution in [0.15, 0.2) is 12.3 Å². The minimum Gasteiger partial charge on any atom is -0.200 e. The molecule has 0 bridgehead atoms. The summed E-state index contributed by atoms with van der Waals surface area (Å²) in [4.78, 5) is 0. The predicted octanol–water partition coefficient (Wildman–Crippen LogP) is 0.732. The van der Waals surface area contributed by atoms with Crippen molar-refractivity contribution in [1.29, 1.82) is 10.5 Å². The van der Waals surface area contributed by atoms with Gasteiger partial charge in [0.2, 0.25) is 0 Å². The second-order valence-corrected chi connectivity index (χ2v) is 1.91. The van der Waals surface area contributed by atoms with E-state index in [2.05, 4.69) is 0 Å². The predicted molar refractivity (Wildman–Crippen MR) is 30.6 cm³/mol. The summed E-state index contributed by atoms with van der Waals surface area (Å²) in [5.41, 5.74) is 0. The van der Waals surface area contributed by atoms with Crippen LogP contribution >= 0.6 is 0 Å². The highest BCUT2D eigenvalue weighted by molar-refractivity contribution is 5.17. The van der Waals surface area contributed by atoms with E-state index in [0.29, 0.717) is 0 Å². The van der Waals surface area contributed by atoms with Crippen LogP contribution in [0, 0.1) is 28.6 Å². The molecule has 0 radical (unpaired) electrons. The molecular weight excluding hydrogens is 133 g/mol. The first-order valence-electron chi connectivity index (χ1n) is 2.71. The first-order chi connectivity index (χ1) is 4.79. The lowest BCUT2D eigenvalue weighted by Crippen LogP contribution is -2.22. The van der Waals surface area contributed by atoms with E-state index in [-0.39, 0.29) is 5.12 Å². The lowest BCUT2D eigenvalue weighted by atomic mass is 10.1. The van der Waals surface area contributed by atoms with Crippen molar-refractivity contribution >= 4 is 0 Å². The maximum atomic E-state index is 12.4. The molecule has 0 spiro atoms. The van der Waals surface area contributed by atoms with Gasteiger partial charge in [0.1, 0.15) is 5.92 Å². The number of nitriles is 2. The number of hydrogen-bond acceptors (Lipinski definition) is 3. The Hall–Kier alpha value is -1.55. The van der Waals surface area contributed by atoms with E-state index in [4.69, 9.17) is 10.5 Å². The molecule has 3 nitrogen and oxygen atoms in total. The Morgan fingerprint density at radius 1 is 1.40 bits per heavy atom. The van der Waals surface area contributed by atoms with E-state index >= 15 is 0 Å². The number of halogens is 1. The lowest BCUT2D eigenvalue weighted by molar-refractivity contribution is 0.0664. The summed E-state index contributed by atoms with van der Waals surface area (Å²) < 4.78 is 12.4. The molecule has 10 heavy (non-hydrogen) atoms. The van der Waals surface area contributed by atoms with Gasteiger partial charge >= 0.3 is 0 Å². The third-order valence-electron chi connectivity index (χ3n) is 1.32. The fourth-order valence-electron chi connectivity index (χ4n) is 0.775. The summed E-state index contributed by atoms with van der Waals surface area (Å²) in [7, 11) is 0. The zero-order chi connectivity index (χ0) is 7.56. The molecular formula is C6H4FN3. The standard InChI is InChI=1S/C6H4FN3/c7-10-2-1-5(3-8)6(10)4-9/h1-2,5-6H. The van der Waals surface area contributed by atoms with Crippen LogP contribution in [0.25, 0.3) is 0 Å². The van der Waals surface area contributed by atoms with Crippen LogP contribution < -0.4 is 0 Å². The Bertz CT molecular complexity index is 234. The van der Waals surface area contributed by atoms with Crippen molar-refractivity contribution in [3.63, 3.8) is 0 Å². The Morgan fingerprint density at radius 3 is 2.50 bits per heavy atom. The van der Waals surface area contributed by atoms with Gasteiger partial charge in [0, 0.05) is 6.20 Å². The highest BCUT2D eigenvalue weighted by Gasteiger charge is 2.29. The summed E-state index contributed by atoms with van der Waals surface area (Å²) in [6.07, 6.45) is 2.47. The first kappa shape index (κ1) is 6.57. The van der Waals surface area contributed by atoms with Gasteiger partial charge in [-0.05, 0) is 6.08 Å². The smallest absolute Gasteiger partial charge is 0.166 e. The molecule has 0 aromatic rings. The van der Waals surface area contributed by atoms with Crippen LogP contribution in [-0.4, -0.2) is 11.2 Å².